The fourth-order valence-electron chi connectivity index (χ4n) is 2.30. The summed E-state index contributed by atoms with van der Waals surface area (Å²) in [6.45, 7) is -10.4. The van der Waals surface area contributed by atoms with Gasteiger partial charge in [-0.05, 0) is 61.3 Å². The van der Waals surface area contributed by atoms with Crippen LogP contribution in [0.1, 0.15) is 38.7 Å². The molecule has 0 saturated heterocycles. The van der Waals surface area contributed by atoms with Crippen LogP contribution in [0.3, 0.4) is 0 Å². The van der Waals surface area contributed by atoms with E-state index in [1.54, 1.807) is 0 Å². The van der Waals surface area contributed by atoms with E-state index in [1.807, 2.05) is 0 Å². The molecule has 0 atom stereocenters. The molecule has 1 heteroatoms. The average Bonchev–Trinajstić information content (AvgIpc) is 2.70. The molecule has 0 aliphatic rings. The minimum absolute atomic E-state index is 0.0808. The van der Waals surface area contributed by atoms with E-state index in [-0.39, 0.29) is 39.1 Å². The molecule has 0 amide bonds. The van der Waals surface area contributed by atoms with E-state index in [1.165, 1.54) is 48.5 Å². The van der Waals surface area contributed by atoms with Crippen LogP contribution in [0.5, 0.6) is 0 Å². The molecule has 0 radical (unpaired) electrons. The molecule has 1 heterocycles. The molecule has 0 bridgehead atoms. The smallest absolute Gasteiger partial charge is 0.0708 e. The van der Waals surface area contributed by atoms with E-state index < -0.39 is 27.4 Å². The Labute approximate surface area is 149 Å². The second-order valence-electron chi connectivity index (χ2n) is 4.92. The van der Waals surface area contributed by atoms with Gasteiger partial charge in [-0.1, -0.05) is 48.0 Å². The first kappa shape index (κ1) is 6.00. The van der Waals surface area contributed by atoms with Gasteiger partial charge in [0.1, 0.15) is 0 Å². The summed E-state index contributed by atoms with van der Waals surface area (Å²) in [5.74, 6) is 0. The summed E-state index contributed by atoms with van der Waals surface area (Å²) in [6, 6.07) is 11.0. The van der Waals surface area contributed by atoms with Gasteiger partial charge < -0.3 is 0 Å². The lowest BCUT2D eigenvalue weighted by molar-refractivity contribution is 1.25. The Morgan fingerprint density at radius 1 is 0.818 bits per heavy atom. The molecule has 0 spiro atoms. The van der Waals surface area contributed by atoms with Crippen LogP contribution in [0.25, 0.3) is 22.4 Å². The summed E-state index contributed by atoms with van der Waals surface area (Å²) in [5.41, 5.74) is -0.363. The van der Waals surface area contributed by atoms with Crippen molar-refractivity contribution in [3.63, 3.8) is 0 Å². The first-order chi connectivity index (χ1) is 15.4. The molecule has 0 unspecified atom stereocenters. The molecule has 2 aromatic carbocycles. The third-order valence-corrected chi connectivity index (χ3v) is 3.42. The number of nitrogens with zero attached hydrogens (tertiary/aromatic N) is 1. The van der Waals surface area contributed by atoms with Crippen LogP contribution in [0.15, 0.2) is 54.7 Å². The van der Waals surface area contributed by atoms with Crippen LogP contribution in [0, 0.1) is 27.4 Å². The zero-order valence-corrected chi connectivity index (χ0v) is 11.6. The topological polar surface area (TPSA) is 12.9 Å². The second-order valence-corrected chi connectivity index (χ2v) is 4.92. The van der Waals surface area contributed by atoms with Gasteiger partial charge in [-0.3, -0.25) is 4.98 Å². The summed E-state index contributed by atoms with van der Waals surface area (Å²) in [4.78, 5) is 4.20. The van der Waals surface area contributed by atoms with Crippen LogP contribution in [-0.4, -0.2) is 4.98 Å². The predicted molar refractivity (Wildman–Crippen MR) is 94.1 cm³/mol. The SMILES string of the molecule is [2H]C([2H])([2H])c1ccc(-c2cc(-c3c(C([2H])([2H])[2H])cccc3C([2H])([2H])[2H])c(C([2H])([2H])[2H])cn2)cc1. The van der Waals surface area contributed by atoms with E-state index in [9.17, 15) is 0 Å². The van der Waals surface area contributed by atoms with Gasteiger partial charge in [0.25, 0.3) is 0 Å². The Balaban J connectivity index is 2.36. The van der Waals surface area contributed by atoms with Crippen molar-refractivity contribution in [1.29, 1.82) is 0 Å². The Hall–Kier alpha value is -2.41. The third-order valence-electron chi connectivity index (χ3n) is 3.42. The first-order valence-electron chi connectivity index (χ1n) is 12.7. The van der Waals surface area contributed by atoms with Crippen molar-refractivity contribution in [2.75, 3.05) is 0 Å². The largest absolute Gasteiger partial charge is 0.256 e. The van der Waals surface area contributed by atoms with Crippen molar-refractivity contribution >= 4 is 0 Å². The fraction of sp³-hybridized carbons (Fsp3) is 0.190. The number of pyridine rings is 1. The fourth-order valence-corrected chi connectivity index (χ4v) is 2.30. The number of benzene rings is 2. The summed E-state index contributed by atoms with van der Waals surface area (Å²) in [5, 5.41) is 0. The lowest BCUT2D eigenvalue weighted by atomic mass is 9.92. The highest BCUT2D eigenvalue weighted by atomic mass is 14.7. The van der Waals surface area contributed by atoms with E-state index in [0.29, 0.717) is 5.56 Å². The molecule has 0 saturated carbocycles. The van der Waals surface area contributed by atoms with Crippen molar-refractivity contribution in [3.05, 3.63) is 77.0 Å². The van der Waals surface area contributed by atoms with Crippen LogP contribution >= 0.6 is 0 Å². The normalized spacial score (nSPS) is 21.1. The van der Waals surface area contributed by atoms with Gasteiger partial charge in [0, 0.05) is 28.2 Å². The van der Waals surface area contributed by atoms with E-state index in [2.05, 4.69) is 4.98 Å². The Morgan fingerprint density at radius 2 is 1.55 bits per heavy atom. The van der Waals surface area contributed by atoms with E-state index in [0.717, 1.165) is 6.20 Å². The number of aromatic nitrogens is 1. The molecular formula is C21H21N. The summed E-state index contributed by atoms with van der Waals surface area (Å²) in [6.07, 6.45) is 1.08. The van der Waals surface area contributed by atoms with E-state index in [4.69, 9.17) is 16.4 Å². The maximum Gasteiger partial charge on any atom is 0.0708 e. The van der Waals surface area contributed by atoms with Gasteiger partial charge in [0.2, 0.25) is 0 Å². The number of rotatable bonds is 2. The van der Waals surface area contributed by atoms with Gasteiger partial charge in [-0.15, -0.1) is 0 Å². The quantitative estimate of drug-likeness (QED) is 0.596. The van der Waals surface area contributed by atoms with Crippen LogP contribution < -0.4 is 0 Å². The van der Waals surface area contributed by atoms with Crippen LogP contribution in [0.2, 0.25) is 0 Å². The molecule has 22 heavy (non-hydrogen) atoms. The Kier molecular flexibility index (Phi) is 1.57. The molecular weight excluding hydrogens is 266 g/mol. The molecule has 0 N–H and O–H groups in total. The van der Waals surface area contributed by atoms with Crippen molar-refractivity contribution in [2.24, 2.45) is 0 Å². The van der Waals surface area contributed by atoms with Gasteiger partial charge in [0.15, 0.2) is 0 Å². The maximum atomic E-state index is 7.94. The second kappa shape index (κ2) is 5.76. The Bertz CT molecular complexity index is 1150. The maximum absolute atomic E-state index is 7.94. The first-order valence-corrected chi connectivity index (χ1v) is 6.66. The third kappa shape index (κ3) is 2.67. The molecule has 1 nitrogen and oxygen atoms in total. The number of hydrogen-bond acceptors (Lipinski definition) is 1. The molecule has 110 valence electrons. The lowest BCUT2D eigenvalue weighted by Gasteiger charge is -2.14. The van der Waals surface area contributed by atoms with Crippen LogP contribution in [-0.2, 0) is 0 Å². The zero-order valence-electron chi connectivity index (χ0n) is 23.6. The van der Waals surface area contributed by atoms with Crippen molar-refractivity contribution < 1.29 is 16.4 Å². The molecule has 3 rings (SSSR count). The number of hydrogen-bond donors (Lipinski definition) is 0. The van der Waals surface area contributed by atoms with Gasteiger partial charge in [-0.2, -0.15) is 0 Å². The molecule has 0 aliphatic carbocycles. The number of aryl methyl sites for hydroxylation is 4. The van der Waals surface area contributed by atoms with Crippen molar-refractivity contribution in [3.8, 4) is 22.4 Å². The van der Waals surface area contributed by atoms with Crippen molar-refractivity contribution in [2.45, 2.75) is 27.4 Å². The standard InChI is InChI=1S/C21H21N/c1-14-8-10-18(11-9-14)20-12-19(17(4)13-22-20)21-15(2)6-5-7-16(21)3/h5-13H,1-4H3/i1D3,2D3,3D3,4D3. The van der Waals surface area contributed by atoms with Gasteiger partial charge in [-0.25, -0.2) is 0 Å². The van der Waals surface area contributed by atoms with Crippen molar-refractivity contribution in [1.82, 2.24) is 4.98 Å². The highest BCUT2D eigenvalue weighted by molar-refractivity contribution is 5.77. The van der Waals surface area contributed by atoms with Gasteiger partial charge >= 0.3 is 0 Å². The average molecular weight is 299 g/mol. The minimum atomic E-state index is -2.71. The summed E-state index contributed by atoms with van der Waals surface area (Å²) >= 11 is 0. The summed E-state index contributed by atoms with van der Waals surface area (Å²) in [7, 11) is 0. The molecule has 0 aliphatic heterocycles. The highest BCUT2D eigenvalue weighted by Crippen LogP contribution is 2.32. The minimum Gasteiger partial charge on any atom is -0.256 e. The molecule has 1 aromatic heterocycles. The van der Waals surface area contributed by atoms with E-state index >= 15 is 0 Å². The molecule has 0 fully saturated rings. The zero-order chi connectivity index (χ0) is 25.7. The monoisotopic (exact) mass is 299 g/mol. The predicted octanol–water partition coefficient (Wildman–Crippen LogP) is 5.65. The van der Waals surface area contributed by atoms with Gasteiger partial charge in [0.05, 0.1) is 5.69 Å². The lowest BCUT2D eigenvalue weighted by Crippen LogP contribution is -1.94. The molecule has 3 aromatic rings. The highest BCUT2D eigenvalue weighted by Gasteiger charge is 2.10. The van der Waals surface area contributed by atoms with Crippen LogP contribution in [0.4, 0.5) is 0 Å². The Morgan fingerprint density at radius 3 is 2.18 bits per heavy atom. The summed E-state index contributed by atoms with van der Waals surface area (Å²) < 4.78 is 93.9.